The molecule has 0 heterocycles. The molecule has 1 N–H and O–H groups in total. The van der Waals surface area contributed by atoms with E-state index in [1.165, 1.54) is 31.2 Å². The van der Waals surface area contributed by atoms with Crippen molar-refractivity contribution < 1.29 is 9.84 Å². The lowest BCUT2D eigenvalue weighted by Crippen LogP contribution is -2.54. The Kier molecular flexibility index (Phi) is 3.25. The van der Waals surface area contributed by atoms with Crippen molar-refractivity contribution in [2.75, 3.05) is 7.11 Å². The lowest BCUT2D eigenvalue weighted by atomic mass is 9.49. The van der Waals surface area contributed by atoms with Crippen LogP contribution in [0.4, 0.5) is 0 Å². The first-order valence-corrected chi connectivity index (χ1v) is 8.50. The molecule has 21 heavy (non-hydrogen) atoms. The molecule has 4 aliphatic carbocycles. The maximum Gasteiger partial charge on any atom is 0.118 e. The zero-order chi connectivity index (χ0) is 14.4. The summed E-state index contributed by atoms with van der Waals surface area (Å²) in [5.41, 5.74) is 1.14. The van der Waals surface area contributed by atoms with E-state index in [1.54, 1.807) is 7.11 Å². The van der Waals surface area contributed by atoms with Crippen molar-refractivity contribution in [2.24, 2.45) is 23.7 Å². The van der Waals surface area contributed by atoms with Crippen molar-refractivity contribution in [1.29, 1.82) is 0 Å². The standard InChI is InChI=1S/C19H26O2/c1-21-17-5-2-13(3-6-17)4-7-18-15-8-14-9-16(18)12-19(20,10-14)11-15/h2-3,5-6,14-16,18,20H,4,7-12H2,1H3. The normalized spacial score (nSPS) is 40.5. The number of rotatable bonds is 4. The number of aliphatic hydroxyl groups is 1. The van der Waals surface area contributed by atoms with E-state index >= 15 is 0 Å². The second-order valence-corrected chi connectivity index (χ2v) is 7.74. The average Bonchev–Trinajstić information content (AvgIpc) is 2.45. The van der Waals surface area contributed by atoms with Gasteiger partial charge in [0.05, 0.1) is 12.7 Å². The van der Waals surface area contributed by atoms with Gasteiger partial charge in [0.2, 0.25) is 0 Å². The smallest absolute Gasteiger partial charge is 0.118 e. The van der Waals surface area contributed by atoms with Crippen molar-refractivity contribution in [3.05, 3.63) is 29.8 Å². The number of methoxy groups -OCH3 is 1. The van der Waals surface area contributed by atoms with Gasteiger partial charge in [0.15, 0.2) is 0 Å². The predicted molar refractivity (Wildman–Crippen MR) is 83.3 cm³/mol. The van der Waals surface area contributed by atoms with Crippen LogP contribution in [0.15, 0.2) is 24.3 Å². The summed E-state index contributed by atoms with van der Waals surface area (Å²) >= 11 is 0. The number of hydrogen-bond donors (Lipinski definition) is 1. The minimum Gasteiger partial charge on any atom is -0.497 e. The van der Waals surface area contributed by atoms with Crippen LogP contribution in [0.25, 0.3) is 0 Å². The second kappa shape index (κ2) is 5.01. The maximum absolute atomic E-state index is 10.6. The molecule has 0 saturated heterocycles. The molecule has 2 heteroatoms. The van der Waals surface area contributed by atoms with Crippen molar-refractivity contribution in [1.82, 2.24) is 0 Å². The van der Waals surface area contributed by atoms with Gasteiger partial charge in [-0.05, 0) is 86.3 Å². The molecule has 4 saturated carbocycles. The average molecular weight is 286 g/mol. The fourth-order valence-corrected chi connectivity index (χ4v) is 5.68. The van der Waals surface area contributed by atoms with Crippen molar-refractivity contribution in [3.63, 3.8) is 0 Å². The van der Waals surface area contributed by atoms with Gasteiger partial charge in [-0.3, -0.25) is 0 Å². The summed E-state index contributed by atoms with van der Waals surface area (Å²) in [6.07, 6.45) is 8.47. The van der Waals surface area contributed by atoms with Gasteiger partial charge >= 0.3 is 0 Å². The van der Waals surface area contributed by atoms with Crippen LogP contribution in [0.1, 0.15) is 44.1 Å². The van der Waals surface area contributed by atoms with Gasteiger partial charge in [-0.25, -0.2) is 0 Å². The van der Waals surface area contributed by atoms with E-state index in [9.17, 15) is 5.11 Å². The van der Waals surface area contributed by atoms with Gasteiger partial charge < -0.3 is 9.84 Å². The highest BCUT2D eigenvalue weighted by Crippen LogP contribution is 2.59. The fourth-order valence-electron chi connectivity index (χ4n) is 5.68. The van der Waals surface area contributed by atoms with E-state index in [0.717, 1.165) is 48.7 Å². The van der Waals surface area contributed by atoms with E-state index in [0.29, 0.717) is 0 Å². The molecule has 2 unspecified atom stereocenters. The molecule has 114 valence electrons. The first kappa shape index (κ1) is 13.6. The molecule has 2 nitrogen and oxygen atoms in total. The lowest BCUT2D eigenvalue weighted by Gasteiger charge is -2.58. The van der Waals surface area contributed by atoms with Crippen LogP contribution in [0, 0.1) is 23.7 Å². The van der Waals surface area contributed by atoms with E-state index in [-0.39, 0.29) is 5.60 Å². The van der Waals surface area contributed by atoms with Crippen molar-refractivity contribution in [3.8, 4) is 5.75 Å². The number of benzene rings is 1. The van der Waals surface area contributed by atoms with Crippen LogP contribution < -0.4 is 4.74 Å². The molecule has 1 aromatic rings. The minimum absolute atomic E-state index is 0.285. The van der Waals surface area contributed by atoms with E-state index in [4.69, 9.17) is 4.74 Å². The summed E-state index contributed by atoms with van der Waals surface area (Å²) in [5.74, 6) is 4.20. The third-order valence-corrected chi connectivity index (χ3v) is 6.36. The Bertz CT molecular complexity index is 491. The number of aryl methyl sites for hydroxylation is 1. The summed E-state index contributed by atoms with van der Waals surface area (Å²) in [7, 11) is 1.72. The van der Waals surface area contributed by atoms with E-state index < -0.39 is 0 Å². The summed E-state index contributed by atoms with van der Waals surface area (Å²) in [6, 6.07) is 8.52. The van der Waals surface area contributed by atoms with Crippen LogP contribution in [-0.2, 0) is 6.42 Å². The molecule has 1 aromatic carbocycles. The highest BCUT2D eigenvalue weighted by atomic mass is 16.5. The molecule has 2 atom stereocenters. The third-order valence-electron chi connectivity index (χ3n) is 6.36. The number of hydrogen-bond acceptors (Lipinski definition) is 2. The summed E-state index contributed by atoms with van der Waals surface area (Å²) < 4.78 is 5.22. The molecule has 4 fully saturated rings. The zero-order valence-corrected chi connectivity index (χ0v) is 12.9. The van der Waals surface area contributed by atoms with Crippen LogP contribution in [0.2, 0.25) is 0 Å². The quantitative estimate of drug-likeness (QED) is 0.912. The Morgan fingerprint density at radius 3 is 2.33 bits per heavy atom. The summed E-state index contributed by atoms with van der Waals surface area (Å²) in [5, 5.41) is 10.6. The predicted octanol–water partition coefficient (Wildman–Crippen LogP) is 3.82. The summed E-state index contributed by atoms with van der Waals surface area (Å²) in [6.45, 7) is 0. The lowest BCUT2D eigenvalue weighted by molar-refractivity contribution is -0.152. The fraction of sp³-hybridized carbons (Fsp3) is 0.684. The molecule has 0 spiro atoms. The molecule has 0 aliphatic heterocycles. The van der Waals surface area contributed by atoms with Crippen molar-refractivity contribution >= 4 is 0 Å². The largest absolute Gasteiger partial charge is 0.497 e. The van der Waals surface area contributed by atoms with Gasteiger partial charge in [0.25, 0.3) is 0 Å². The van der Waals surface area contributed by atoms with Gasteiger partial charge in [-0.15, -0.1) is 0 Å². The monoisotopic (exact) mass is 286 g/mol. The Labute approximate surface area is 127 Å². The van der Waals surface area contributed by atoms with Crippen LogP contribution >= 0.6 is 0 Å². The topological polar surface area (TPSA) is 29.5 Å². The number of ether oxygens (including phenoxy) is 1. The van der Waals surface area contributed by atoms with Crippen LogP contribution in [-0.4, -0.2) is 17.8 Å². The van der Waals surface area contributed by atoms with Gasteiger partial charge in [-0.2, -0.15) is 0 Å². The maximum atomic E-state index is 10.6. The van der Waals surface area contributed by atoms with Crippen LogP contribution in [0.5, 0.6) is 5.75 Å². The first-order chi connectivity index (χ1) is 10.1. The highest BCUT2D eigenvalue weighted by molar-refractivity contribution is 5.27. The molecule has 0 amide bonds. The van der Waals surface area contributed by atoms with Crippen molar-refractivity contribution in [2.45, 2.75) is 50.5 Å². The summed E-state index contributed by atoms with van der Waals surface area (Å²) in [4.78, 5) is 0. The SMILES string of the molecule is COc1ccc(CCC2C3CC4CC2CC(O)(C4)C3)cc1. The zero-order valence-electron chi connectivity index (χ0n) is 12.9. The third kappa shape index (κ3) is 2.48. The Hall–Kier alpha value is -1.02. The van der Waals surface area contributed by atoms with E-state index in [1.807, 2.05) is 0 Å². The first-order valence-electron chi connectivity index (χ1n) is 8.50. The molecule has 4 aliphatic rings. The minimum atomic E-state index is -0.285. The Balaban J connectivity index is 1.41. The Morgan fingerprint density at radius 2 is 1.76 bits per heavy atom. The Morgan fingerprint density at radius 1 is 1.10 bits per heavy atom. The van der Waals surface area contributed by atoms with Gasteiger partial charge in [-0.1, -0.05) is 12.1 Å². The molecule has 0 aromatic heterocycles. The van der Waals surface area contributed by atoms with Crippen LogP contribution in [0.3, 0.4) is 0 Å². The van der Waals surface area contributed by atoms with Gasteiger partial charge in [0.1, 0.15) is 5.75 Å². The second-order valence-electron chi connectivity index (χ2n) is 7.74. The molecular formula is C19H26O2. The molecule has 0 radical (unpaired) electrons. The molecule has 4 bridgehead atoms. The van der Waals surface area contributed by atoms with E-state index in [2.05, 4.69) is 24.3 Å². The highest BCUT2D eigenvalue weighted by Gasteiger charge is 2.54. The van der Waals surface area contributed by atoms with Gasteiger partial charge in [0, 0.05) is 0 Å². The molecular weight excluding hydrogens is 260 g/mol. The molecule has 5 rings (SSSR count).